The van der Waals surface area contributed by atoms with Crippen molar-refractivity contribution in [3.8, 4) is 16.3 Å². The third-order valence-electron chi connectivity index (χ3n) is 5.83. The molecule has 0 aliphatic carbocycles. The van der Waals surface area contributed by atoms with E-state index >= 15 is 0 Å². The lowest BCUT2D eigenvalue weighted by Crippen LogP contribution is -2.29. The van der Waals surface area contributed by atoms with Gasteiger partial charge in [0.1, 0.15) is 10.8 Å². The maximum atomic E-state index is 13.2. The van der Waals surface area contributed by atoms with E-state index in [2.05, 4.69) is 4.98 Å². The van der Waals surface area contributed by atoms with Gasteiger partial charge in [-0.3, -0.25) is 24.6 Å². The molecule has 9 nitrogen and oxygen atoms in total. The summed E-state index contributed by atoms with van der Waals surface area (Å²) >= 11 is 1.45. The van der Waals surface area contributed by atoms with Crippen LogP contribution in [0.5, 0.6) is 5.75 Å². The van der Waals surface area contributed by atoms with Gasteiger partial charge < -0.3 is 10.2 Å². The van der Waals surface area contributed by atoms with Gasteiger partial charge in [-0.05, 0) is 17.7 Å². The summed E-state index contributed by atoms with van der Waals surface area (Å²) in [5.41, 5.74) is 0.940. The van der Waals surface area contributed by atoms with Crippen LogP contribution in [0, 0.1) is 10.1 Å². The van der Waals surface area contributed by atoms with Crippen molar-refractivity contribution in [2.45, 2.75) is 6.04 Å². The molecule has 178 valence electrons. The third-order valence-corrected chi connectivity index (χ3v) is 6.65. The Morgan fingerprint density at radius 3 is 2.39 bits per heavy atom. The van der Waals surface area contributed by atoms with Crippen molar-refractivity contribution >= 4 is 40.2 Å². The maximum absolute atomic E-state index is 13.2. The number of aromatic hydroxyl groups is 1. The first kappa shape index (κ1) is 22.9. The SMILES string of the molecule is O=C1C(=O)N(c2ccc(O)c([N+](=O)[O-])c2)C(c2ccc(-c3nccs3)cc2)/C1=C(\O)c1ccccc1. The van der Waals surface area contributed by atoms with Gasteiger partial charge in [0, 0.05) is 28.8 Å². The second kappa shape index (κ2) is 9.08. The number of phenols is 1. The molecule has 1 amide bonds. The van der Waals surface area contributed by atoms with Gasteiger partial charge in [-0.15, -0.1) is 11.3 Å². The van der Waals surface area contributed by atoms with Gasteiger partial charge in [0.15, 0.2) is 5.75 Å². The number of aliphatic hydroxyl groups is 1. The molecule has 0 saturated carbocycles. The highest BCUT2D eigenvalue weighted by molar-refractivity contribution is 7.13. The summed E-state index contributed by atoms with van der Waals surface area (Å²) in [6.45, 7) is 0. The lowest BCUT2D eigenvalue weighted by Gasteiger charge is -2.25. The van der Waals surface area contributed by atoms with Gasteiger partial charge >= 0.3 is 5.69 Å². The average molecular weight is 500 g/mol. The van der Waals surface area contributed by atoms with Crippen LogP contribution in [-0.2, 0) is 9.59 Å². The molecule has 1 aliphatic heterocycles. The summed E-state index contributed by atoms with van der Waals surface area (Å²) in [5, 5.41) is 35.1. The maximum Gasteiger partial charge on any atom is 0.312 e. The van der Waals surface area contributed by atoms with Crippen molar-refractivity contribution in [1.82, 2.24) is 4.98 Å². The zero-order valence-corrected chi connectivity index (χ0v) is 19.3. The third kappa shape index (κ3) is 3.89. The number of hydrogen-bond acceptors (Lipinski definition) is 8. The molecule has 0 spiro atoms. The van der Waals surface area contributed by atoms with Crippen LogP contribution >= 0.6 is 11.3 Å². The molecule has 2 heterocycles. The Balaban J connectivity index is 1.70. The van der Waals surface area contributed by atoms with Crippen molar-refractivity contribution in [2.24, 2.45) is 0 Å². The van der Waals surface area contributed by atoms with Crippen molar-refractivity contribution in [2.75, 3.05) is 4.90 Å². The minimum Gasteiger partial charge on any atom is -0.507 e. The first-order chi connectivity index (χ1) is 17.4. The second-order valence-corrected chi connectivity index (χ2v) is 8.82. The molecule has 1 aliphatic rings. The number of amides is 1. The highest BCUT2D eigenvalue weighted by Gasteiger charge is 2.47. The molecule has 36 heavy (non-hydrogen) atoms. The first-order valence-electron chi connectivity index (χ1n) is 10.7. The number of carbonyl (C=O) groups excluding carboxylic acids is 2. The Morgan fingerprint density at radius 1 is 1.03 bits per heavy atom. The van der Waals surface area contributed by atoms with Gasteiger partial charge in [-0.25, -0.2) is 4.98 Å². The Bertz CT molecular complexity index is 1520. The topological polar surface area (TPSA) is 134 Å². The fourth-order valence-electron chi connectivity index (χ4n) is 4.15. The van der Waals surface area contributed by atoms with E-state index in [9.17, 15) is 29.9 Å². The van der Waals surface area contributed by atoms with E-state index < -0.39 is 34.1 Å². The highest BCUT2D eigenvalue weighted by atomic mass is 32.1. The number of nitro groups is 1. The Kier molecular flexibility index (Phi) is 5.79. The summed E-state index contributed by atoms with van der Waals surface area (Å²) in [6, 6.07) is 17.7. The highest BCUT2D eigenvalue weighted by Crippen LogP contribution is 2.44. The van der Waals surface area contributed by atoms with Crippen molar-refractivity contribution in [1.29, 1.82) is 0 Å². The Labute approximate surface area is 208 Å². The molecule has 4 aromatic rings. The van der Waals surface area contributed by atoms with E-state index in [0.29, 0.717) is 11.1 Å². The van der Waals surface area contributed by atoms with E-state index in [4.69, 9.17) is 0 Å². The number of benzene rings is 3. The van der Waals surface area contributed by atoms with Crippen LogP contribution in [0.15, 0.2) is 89.9 Å². The van der Waals surface area contributed by atoms with Crippen LogP contribution in [0.1, 0.15) is 17.2 Å². The molecule has 2 N–H and O–H groups in total. The summed E-state index contributed by atoms with van der Waals surface area (Å²) < 4.78 is 0. The molecule has 3 aromatic carbocycles. The Hall–Kier alpha value is -4.83. The minimum absolute atomic E-state index is 0.0303. The monoisotopic (exact) mass is 499 g/mol. The predicted octanol–water partition coefficient (Wildman–Crippen LogP) is 5.05. The number of aromatic nitrogens is 1. The number of phenolic OH excluding ortho intramolecular Hbond substituents is 1. The van der Waals surface area contributed by atoms with E-state index in [1.54, 1.807) is 60.8 Å². The normalized spacial score (nSPS) is 16.9. The number of anilines is 1. The van der Waals surface area contributed by atoms with E-state index in [0.717, 1.165) is 27.6 Å². The standard InChI is InChI=1S/C26H17N3O6S/c30-20-11-10-18(14-19(20)29(34)35)28-22(15-6-8-17(9-7-15)25-27-12-13-36-25)21(24(32)26(28)33)23(31)16-4-2-1-3-5-16/h1-14,22,30-31H/b23-21+. The molecular weight excluding hydrogens is 482 g/mol. The van der Waals surface area contributed by atoms with Gasteiger partial charge in [0.2, 0.25) is 0 Å². The summed E-state index contributed by atoms with van der Waals surface area (Å²) in [6.07, 6.45) is 1.68. The molecule has 10 heteroatoms. The van der Waals surface area contributed by atoms with Crippen LogP contribution < -0.4 is 4.90 Å². The van der Waals surface area contributed by atoms with Crippen LogP contribution in [-0.4, -0.2) is 31.8 Å². The second-order valence-electron chi connectivity index (χ2n) is 7.92. The van der Waals surface area contributed by atoms with E-state index in [1.807, 2.05) is 5.38 Å². The zero-order valence-electron chi connectivity index (χ0n) is 18.4. The fourth-order valence-corrected chi connectivity index (χ4v) is 4.79. The fraction of sp³-hybridized carbons (Fsp3) is 0.0385. The molecule has 1 atom stereocenters. The number of rotatable bonds is 5. The summed E-state index contributed by atoms with van der Waals surface area (Å²) in [4.78, 5) is 42.5. The zero-order chi connectivity index (χ0) is 25.4. The molecule has 1 saturated heterocycles. The number of thiazole rings is 1. The predicted molar refractivity (Wildman–Crippen MR) is 134 cm³/mol. The molecule has 0 bridgehead atoms. The molecule has 1 unspecified atom stereocenters. The smallest absolute Gasteiger partial charge is 0.312 e. The first-order valence-corrected chi connectivity index (χ1v) is 11.6. The Morgan fingerprint density at radius 2 is 1.75 bits per heavy atom. The summed E-state index contributed by atoms with van der Waals surface area (Å²) in [7, 11) is 0. The molecule has 0 radical (unpaired) electrons. The van der Waals surface area contributed by atoms with E-state index in [-0.39, 0.29) is 17.0 Å². The number of carbonyl (C=O) groups is 2. The van der Waals surface area contributed by atoms with Gasteiger partial charge in [0.25, 0.3) is 11.7 Å². The van der Waals surface area contributed by atoms with Gasteiger partial charge in [-0.2, -0.15) is 0 Å². The quantitative estimate of drug-likeness (QED) is 0.129. The molecule has 5 rings (SSSR count). The van der Waals surface area contributed by atoms with Crippen LogP contribution in [0.25, 0.3) is 16.3 Å². The van der Waals surface area contributed by atoms with Crippen LogP contribution in [0.2, 0.25) is 0 Å². The lowest BCUT2D eigenvalue weighted by atomic mass is 9.94. The van der Waals surface area contributed by atoms with Crippen molar-refractivity contribution in [3.63, 3.8) is 0 Å². The minimum atomic E-state index is -1.07. The van der Waals surface area contributed by atoms with Gasteiger partial charge in [0.05, 0.1) is 22.2 Å². The van der Waals surface area contributed by atoms with E-state index in [1.165, 1.54) is 17.4 Å². The number of Topliss-reactive ketones (excluding diaryl/α,β-unsaturated/α-hetero) is 1. The number of nitro benzene ring substituents is 1. The molecule has 1 fully saturated rings. The lowest BCUT2D eigenvalue weighted by molar-refractivity contribution is -0.385. The van der Waals surface area contributed by atoms with Crippen LogP contribution in [0.3, 0.4) is 0 Å². The molecule has 1 aromatic heterocycles. The average Bonchev–Trinajstić information content (AvgIpc) is 3.52. The number of aliphatic hydroxyl groups excluding tert-OH is 1. The number of nitrogens with zero attached hydrogens (tertiary/aromatic N) is 3. The molecular formula is C26H17N3O6S. The van der Waals surface area contributed by atoms with Crippen LogP contribution in [0.4, 0.5) is 11.4 Å². The van der Waals surface area contributed by atoms with Crippen molar-refractivity contribution in [3.05, 3.63) is 111 Å². The summed E-state index contributed by atoms with van der Waals surface area (Å²) in [5.74, 6) is -2.82. The van der Waals surface area contributed by atoms with Crippen molar-refractivity contribution < 1.29 is 24.7 Å². The largest absolute Gasteiger partial charge is 0.507 e. The number of ketones is 1. The van der Waals surface area contributed by atoms with Gasteiger partial charge in [-0.1, -0.05) is 54.6 Å². The number of hydrogen-bond donors (Lipinski definition) is 2.